The first-order valence-corrected chi connectivity index (χ1v) is 8.29. The van der Waals surface area contributed by atoms with Crippen molar-refractivity contribution < 1.29 is 0 Å². The smallest absolute Gasteiger partial charge is 0.191 e. The first-order chi connectivity index (χ1) is 9.81. The predicted molar refractivity (Wildman–Crippen MR) is 85.3 cm³/mol. The maximum atomic E-state index is 5.99. The Hall–Kier alpha value is -1.59. The molecule has 1 saturated carbocycles. The second-order valence-corrected chi connectivity index (χ2v) is 7.04. The van der Waals surface area contributed by atoms with Gasteiger partial charge >= 0.3 is 0 Å². The van der Waals surface area contributed by atoms with Crippen molar-refractivity contribution in [3.05, 3.63) is 47.3 Å². The molecule has 1 aromatic carbocycles. The number of aromatic nitrogens is 2. The summed E-state index contributed by atoms with van der Waals surface area (Å²) in [6, 6.07) is 12.6. The van der Waals surface area contributed by atoms with Crippen molar-refractivity contribution in [3.8, 4) is 0 Å². The molecule has 2 unspecified atom stereocenters. The highest BCUT2D eigenvalue weighted by atomic mass is 32.2. The number of nitrogens with zero attached hydrogens (tertiary/aromatic N) is 2. The third kappa shape index (κ3) is 2.17. The van der Waals surface area contributed by atoms with Crippen molar-refractivity contribution in [2.24, 2.45) is 0 Å². The first-order valence-electron chi connectivity index (χ1n) is 6.53. The summed E-state index contributed by atoms with van der Waals surface area (Å²) < 4.78 is 0. The number of thioether (sulfide) groups is 1. The molecule has 2 heterocycles. The molecule has 1 aliphatic carbocycles. The van der Waals surface area contributed by atoms with Gasteiger partial charge < -0.3 is 5.73 Å². The van der Waals surface area contributed by atoms with Gasteiger partial charge in [0.25, 0.3) is 0 Å². The van der Waals surface area contributed by atoms with Crippen LogP contribution < -0.4 is 5.73 Å². The lowest BCUT2D eigenvalue weighted by Crippen LogP contribution is -1.96. The van der Waals surface area contributed by atoms with Gasteiger partial charge in [0, 0.05) is 5.25 Å². The molecule has 3 aromatic rings. The van der Waals surface area contributed by atoms with E-state index in [4.69, 9.17) is 5.73 Å². The standard InChI is InChI=1S/C15H13N3S2/c16-13-10-6-7-19-14(10)18-15(17-13)20-12-8-11(12)9-4-2-1-3-5-9/h1-7,11-12H,8H2,(H2,16,17,18). The number of thiophene rings is 1. The minimum absolute atomic E-state index is 0.578. The van der Waals surface area contributed by atoms with Gasteiger partial charge in [0.1, 0.15) is 10.6 Å². The van der Waals surface area contributed by atoms with E-state index in [1.54, 1.807) is 23.1 Å². The topological polar surface area (TPSA) is 51.8 Å². The van der Waals surface area contributed by atoms with E-state index >= 15 is 0 Å². The first kappa shape index (κ1) is 12.2. The summed E-state index contributed by atoms with van der Waals surface area (Å²) in [5.74, 6) is 1.22. The number of hydrogen-bond donors (Lipinski definition) is 1. The lowest BCUT2D eigenvalue weighted by molar-refractivity contribution is 1.01. The average molecular weight is 299 g/mol. The molecule has 0 bridgehead atoms. The van der Waals surface area contributed by atoms with E-state index < -0.39 is 0 Å². The molecule has 1 aliphatic rings. The Morgan fingerprint density at radius 3 is 2.85 bits per heavy atom. The van der Waals surface area contributed by atoms with E-state index in [1.165, 1.54) is 12.0 Å². The van der Waals surface area contributed by atoms with Gasteiger partial charge in [0.15, 0.2) is 5.16 Å². The van der Waals surface area contributed by atoms with E-state index in [9.17, 15) is 0 Å². The van der Waals surface area contributed by atoms with Crippen molar-refractivity contribution in [1.82, 2.24) is 9.97 Å². The highest BCUT2D eigenvalue weighted by Gasteiger charge is 2.39. The van der Waals surface area contributed by atoms with Crippen molar-refractivity contribution in [2.75, 3.05) is 5.73 Å². The lowest BCUT2D eigenvalue weighted by atomic mass is 10.1. The molecule has 0 aliphatic heterocycles. The largest absolute Gasteiger partial charge is 0.383 e. The summed E-state index contributed by atoms with van der Waals surface area (Å²) in [6.45, 7) is 0. The highest BCUT2D eigenvalue weighted by Crippen LogP contribution is 2.51. The van der Waals surface area contributed by atoms with Crippen LogP contribution in [0.3, 0.4) is 0 Å². The van der Waals surface area contributed by atoms with Crippen LogP contribution in [0.15, 0.2) is 46.9 Å². The van der Waals surface area contributed by atoms with Crippen LogP contribution in [0.5, 0.6) is 0 Å². The summed E-state index contributed by atoms with van der Waals surface area (Å²) in [6.07, 6.45) is 1.19. The number of hydrogen-bond acceptors (Lipinski definition) is 5. The van der Waals surface area contributed by atoms with Gasteiger partial charge in [0.05, 0.1) is 5.39 Å². The van der Waals surface area contributed by atoms with Gasteiger partial charge in [-0.1, -0.05) is 42.1 Å². The molecule has 2 atom stereocenters. The van der Waals surface area contributed by atoms with Crippen molar-refractivity contribution in [2.45, 2.75) is 22.7 Å². The number of fused-ring (bicyclic) bond motifs is 1. The van der Waals surface area contributed by atoms with Gasteiger partial charge in [-0.2, -0.15) is 0 Å². The van der Waals surface area contributed by atoms with E-state index in [1.807, 2.05) is 11.4 Å². The zero-order chi connectivity index (χ0) is 13.5. The molecule has 2 aromatic heterocycles. The van der Waals surface area contributed by atoms with E-state index in [0.29, 0.717) is 17.0 Å². The Morgan fingerprint density at radius 1 is 1.15 bits per heavy atom. The quantitative estimate of drug-likeness (QED) is 0.745. The Bertz CT molecular complexity index is 754. The highest BCUT2D eigenvalue weighted by molar-refractivity contribution is 8.00. The van der Waals surface area contributed by atoms with Crippen LogP contribution in [0.2, 0.25) is 0 Å². The van der Waals surface area contributed by atoms with E-state index in [2.05, 4.69) is 40.3 Å². The second-order valence-electron chi connectivity index (χ2n) is 4.94. The minimum Gasteiger partial charge on any atom is -0.383 e. The Morgan fingerprint density at radius 2 is 2.00 bits per heavy atom. The van der Waals surface area contributed by atoms with Crippen LogP contribution >= 0.6 is 23.1 Å². The minimum atomic E-state index is 0.578. The number of benzene rings is 1. The zero-order valence-electron chi connectivity index (χ0n) is 10.7. The molecule has 3 nitrogen and oxygen atoms in total. The maximum absolute atomic E-state index is 5.99. The van der Waals surface area contributed by atoms with Crippen LogP contribution in [0.4, 0.5) is 5.82 Å². The third-order valence-electron chi connectivity index (χ3n) is 3.55. The molecule has 0 spiro atoms. The molecule has 5 heteroatoms. The van der Waals surface area contributed by atoms with Gasteiger partial charge in [-0.15, -0.1) is 11.3 Å². The monoisotopic (exact) mass is 299 g/mol. The van der Waals surface area contributed by atoms with Crippen molar-refractivity contribution in [1.29, 1.82) is 0 Å². The van der Waals surface area contributed by atoms with Crippen LogP contribution in [-0.2, 0) is 0 Å². The van der Waals surface area contributed by atoms with Crippen LogP contribution in [-0.4, -0.2) is 15.2 Å². The molecule has 0 radical (unpaired) electrons. The summed E-state index contributed by atoms with van der Waals surface area (Å²) in [5.41, 5.74) is 7.40. The summed E-state index contributed by atoms with van der Waals surface area (Å²) in [7, 11) is 0. The fourth-order valence-corrected chi connectivity index (χ4v) is 4.42. The van der Waals surface area contributed by atoms with Crippen LogP contribution in [0.1, 0.15) is 17.9 Å². The van der Waals surface area contributed by atoms with Gasteiger partial charge in [0.2, 0.25) is 0 Å². The van der Waals surface area contributed by atoms with Crippen LogP contribution in [0, 0.1) is 0 Å². The molecule has 20 heavy (non-hydrogen) atoms. The number of anilines is 1. The Balaban J connectivity index is 1.55. The molecular formula is C15H13N3S2. The third-order valence-corrected chi connectivity index (χ3v) is 5.57. The van der Waals surface area contributed by atoms with E-state index in [0.717, 1.165) is 15.4 Å². The Kier molecular flexibility index (Phi) is 2.89. The molecule has 100 valence electrons. The molecule has 4 rings (SSSR count). The number of nitrogen functional groups attached to an aromatic ring is 1. The second kappa shape index (κ2) is 4.75. The summed E-state index contributed by atoms with van der Waals surface area (Å²) >= 11 is 3.37. The van der Waals surface area contributed by atoms with E-state index in [-0.39, 0.29) is 0 Å². The van der Waals surface area contributed by atoms with Crippen molar-refractivity contribution in [3.63, 3.8) is 0 Å². The number of nitrogens with two attached hydrogens (primary N) is 1. The Labute approximate surface area is 125 Å². The fraction of sp³-hybridized carbons (Fsp3) is 0.200. The normalized spacial score (nSPS) is 21.2. The molecule has 0 amide bonds. The van der Waals surface area contributed by atoms with Crippen LogP contribution in [0.25, 0.3) is 10.2 Å². The maximum Gasteiger partial charge on any atom is 0.191 e. The van der Waals surface area contributed by atoms with Gasteiger partial charge in [-0.3, -0.25) is 0 Å². The molecule has 2 N–H and O–H groups in total. The average Bonchev–Trinajstić information content (AvgIpc) is 3.05. The molecule has 1 fully saturated rings. The fourth-order valence-electron chi connectivity index (χ4n) is 2.40. The molecule has 0 saturated heterocycles. The van der Waals surface area contributed by atoms with Crippen molar-refractivity contribution >= 4 is 39.1 Å². The summed E-state index contributed by atoms with van der Waals surface area (Å²) in [4.78, 5) is 10.00. The SMILES string of the molecule is Nc1nc(SC2CC2c2ccccc2)nc2sccc12. The zero-order valence-corrected chi connectivity index (χ0v) is 12.3. The molecular weight excluding hydrogens is 286 g/mol. The number of rotatable bonds is 3. The predicted octanol–water partition coefficient (Wildman–Crippen LogP) is 3.92. The summed E-state index contributed by atoms with van der Waals surface area (Å²) in [5, 5.41) is 4.36. The lowest BCUT2D eigenvalue weighted by Gasteiger charge is -2.02. The van der Waals surface area contributed by atoms with Gasteiger partial charge in [-0.25, -0.2) is 9.97 Å². The van der Waals surface area contributed by atoms with Gasteiger partial charge in [-0.05, 0) is 29.3 Å².